The van der Waals surface area contributed by atoms with Crippen LogP contribution in [-0.2, 0) is 0 Å². The van der Waals surface area contributed by atoms with Crippen molar-refractivity contribution in [2.45, 2.75) is 0 Å². The predicted molar refractivity (Wildman–Crippen MR) is 185 cm³/mol. The Labute approximate surface area is 259 Å². The maximum Gasteiger partial charge on any atom is 0.0972 e. The smallest absolute Gasteiger partial charge is 0.0972 e. The second-order valence-electron chi connectivity index (χ2n) is 11.3. The molecule has 0 unspecified atom stereocenters. The van der Waals surface area contributed by atoms with Crippen LogP contribution in [0.15, 0.2) is 158 Å². The van der Waals surface area contributed by atoms with E-state index in [0.29, 0.717) is 0 Å². The van der Waals surface area contributed by atoms with Crippen LogP contribution in [-0.4, -0.2) is 19.6 Å². The number of aromatic nitrogens is 4. The fourth-order valence-corrected chi connectivity index (χ4v) is 6.55. The maximum atomic E-state index is 5.41. The third kappa shape index (κ3) is 4.11. The molecule has 0 N–H and O–H groups in total. The molecule has 0 atom stereocenters. The third-order valence-electron chi connectivity index (χ3n) is 8.65. The molecular formula is C41H26N4. The minimum Gasteiger partial charge on any atom is -0.245 e. The lowest BCUT2D eigenvalue weighted by molar-refractivity contribution is 0.975. The first-order chi connectivity index (χ1) is 22.3. The first kappa shape index (κ1) is 25.4. The molecular weight excluding hydrogens is 548 g/mol. The molecule has 0 aliphatic rings. The van der Waals surface area contributed by atoms with E-state index >= 15 is 0 Å². The van der Waals surface area contributed by atoms with E-state index in [2.05, 4.69) is 132 Å². The van der Waals surface area contributed by atoms with Crippen molar-refractivity contribution >= 4 is 38.1 Å². The highest BCUT2D eigenvalue weighted by atomic mass is 15.2. The summed E-state index contributed by atoms with van der Waals surface area (Å²) in [5.41, 5.74) is 11.1. The van der Waals surface area contributed by atoms with Crippen molar-refractivity contribution in [3.8, 4) is 44.9 Å². The molecule has 5 aromatic carbocycles. The number of fused-ring (bicyclic) bond motifs is 6. The number of pyridine rings is 3. The molecule has 210 valence electrons. The number of benzene rings is 5. The number of hydrogen-bond acceptors (Lipinski definition) is 3. The molecule has 45 heavy (non-hydrogen) atoms. The Bertz CT molecular complexity index is 2520. The lowest BCUT2D eigenvalue weighted by atomic mass is 9.94. The number of nitrogens with zero attached hydrogens (tertiary/aromatic N) is 4. The molecule has 4 nitrogen and oxygen atoms in total. The third-order valence-corrected chi connectivity index (χ3v) is 8.65. The van der Waals surface area contributed by atoms with E-state index in [1.165, 1.54) is 0 Å². The summed E-state index contributed by atoms with van der Waals surface area (Å²) in [5, 5.41) is 9.43. The van der Waals surface area contributed by atoms with Crippen molar-refractivity contribution in [3.63, 3.8) is 0 Å². The quantitative estimate of drug-likeness (QED) is 0.196. The summed E-state index contributed by atoms with van der Waals surface area (Å²) >= 11 is 0. The first-order valence-corrected chi connectivity index (χ1v) is 15.1. The van der Waals surface area contributed by atoms with Gasteiger partial charge in [0.1, 0.15) is 0 Å². The van der Waals surface area contributed by atoms with E-state index in [4.69, 9.17) is 15.1 Å². The van der Waals surface area contributed by atoms with Crippen LogP contribution in [0.5, 0.6) is 0 Å². The highest BCUT2D eigenvalue weighted by Gasteiger charge is 2.22. The minimum atomic E-state index is 0.885. The molecule has 9 aromatic rings. The van der Waals surface area contributed by atoms with Gasteiger partial charge < -0.3 is 0 Å². The summed E-state index contributed by atoms with van der Waals surface area (Å²) in [6, 6.07) is 52.8. The molecule has 4 heteroatoms. The van der Waals surface area contributed by atoms with Gasteiger partial charge in [-0.3, -0.25) is 0 Å². The molecule has 9 rings (SSSR count). The van der Waals surface area contributed by atoms with Crippen molar-refractivity contribution in [2.75, 3.05) is 0 Å². The van der Waals surface area contributed by atoms with Gasteiger partial charge in [-0.05, 0) is 23.1 Å². The first-order valence-electron chi connectivity index (χ1n) is 15.1. The Morgan fingerprint density at radius 1 is 0.422 bits per heavy atom. The summed E-state index contributed by atoms with van der Waals surface area (Å²) in [4.78, 5) is 10.6. The van der Waals surface area contributed by atoms with Gasteiger partial charge >= 0.3 is 0 Å². The molecule has 0 saturated carbocycles. The minimum absolute atomic E-state index is 0.885. The van der Waals surface area contributed by atoms with Gasteiger partial charge in [0.2, 0.25) is 0 Å². The van der Waals surface area contributed by atoms with E-state index in [9.17, 15) is 0 Å². The topological polar surface area (TPSA) is 43.1 Å². The van der Waals surface area contributed by atoms with Gasteiger partial charge in [-0.2, -0.15) is 5.10 Å². The summed E-state index contributed by atoms with van der Waals surface area (Å²) < 4.78 is 2.11. The van der Waals surface area contributed by atoms with Crippen molar-refractivity contribution in [1.82, 2.24) is 19.6 Å². The SMILES string of the molecule is c1ccc(-c2ccc3ccc4ccc(-c5c(-c6ccccc6)n6ncc(-c7ccccc7)c6c6ccccc56)nc4c3n2)cc1. The van der Waals surface area contributed by atoms with E-state index in [1.807, 2.05) is 30.5 Å². The number of hydrogen-bond donors (Lipinski definition) is 0. The molecule has 0 bridgehead atoms. The lowest BCUT2D eigenvalue weighted by Crippen LogP contribution is -2.01. The molecule has 4 aromatic heterocycles. The van der Waals surface area contributed by atoms with Crippen LogP contribution >= 0.6 is 0 Å². The Morgan fingerprint density at radius 3 is 1.60 bits per heavy atom. The van der Waals surface area contributed by atoms with Crippen LogP contribution in [0.4, 0.5) is 0 Å². The molecule has 0 aliphatic carbocycles. The largest absolute Gasteiger partial charge is 0.245 e. The van der Waals surface area contributed by atoms with Crippen LogP contribution in [0.25, 0.3) is 83.0 Å². The molecule has 0 radical (unpaired) electrons. The zero-order valence-corrected chi connectivity index (χ0v) is 24.3. The highest BCUT2D eigenvalue weighted by molar-refractivity contribution is 6.13. The molecule has 0 spiro atoms. The Balaban J connectivity index is 1.38. The van der Waals surface area contributed by atoms with E-state index in [-0.39, 0.29) is 0 Å². The average Bonchev–Trinajstić information content (AvgIpc) is 3.57. The monoisotopic (exact) mass is 574 g/mol. The van der Waals surface area contributed by atoms with Crippen LogP contribution < -0.4 is 0 Å². The van der Waals surface area contributed by atoms with Crippen LogP contribution in [0, 0.1) is 0 Å². The van der Waals surface area contributed by atoms with Gasteiger partial charge in [0.05, 0.1) is 39.8 Å². The summed E-state index contributed by atoms with van der Waals surface area (Å²) in [5.74, 6) is 0. The van der Waals surface area contributed by atoms with Crippen LogP contribution in [0.1, 0.15) is 0 Å². The van der Waals surface area contributed by atoms with E-state index < -0.39 is 0 Å². The molecule has 0 amide bonds. The van der Waals surface area contributed by atoms with E-state index in [1.54, 1.807) is 0 Å². The fraction of sp³-hybridized carbons (Fsp3) is 0. The maximum absolute atomic E-state index is 5.41. The molecule has 4 heterocycles. The van der Waals surface area contributed by atoms with Gasteiger partial charge in [-0.15, -0.1) is 0 Å². The van der Waals surface area contributed by atoms with Gasteiger partial charge in [-0.1, -0.05) is 140 Å². The van der Waals surface area contributed by atoms with E-state index in [0.717, 1.165) is 83.0 Å². The Morgan fingerprint density at radius 2 is 0.933 bits per heavy atom. The fourth-order valence-electron chi connectivity index (χ4n) is 6.55. The Hall–Kier alpha value is -6.13. The zero-order chi connectivity index (χ0) is 29.7. The van der Waals surface area contributed by atoms with Crippen molar-refractivity contribution < 1.29 is 0 Å². The van der Waals surface area contributed by atoms with Crippen molar-refractivity contribution in [3.05, 3.63) is 158 Å². The van der Waals surface area contributed by atoms with Gasteiger partial charge in [0.25, 0.3) is 0 Å². The lowest BCUT2D eigenvalue weighted by Gasteiger charge is -2.17. The standard InChI is InChI=1S/C41H26N4/c1-4-12-27(13-5-1)34-26-42-45-40(31-16-8-3-9-17-31)37(32-18-10-11-19-33(32)41(34)45)36-25-23-30-21-20-29-22-24-35(28-14-6-2-7-15-28)43-38(29)39(30)44-36/h1-26H. The second-order valence-corrected chi connectivity index (χ2v) is 11.3. The molecule has 0 saturated heterocycles. The van der Waals surface area contributed by atoms with Gasteiger partial charge in [-0.25, -0.2) is 14.5 Å². The van der Waals surface area contributed by atoms with Gasteiger partial charge in [0, 0.05) is 38.4 Å². The van der Waals surface area contributed by atoms with Crippen molar-refractivity contribution in [1.29, 1.82) is 0 Å². The highest BCUT2D eigenvalue weighted by Crippen LogP contribution is 2.42. The average molecular weight is 575 g/mol. The van der Waals surface area contributed by atoms with Crippen molar-refractivity contribution in [2.24, 2.45) is 0 Å². The van der Waals surface area contributed by atoms with Gasteiger partial charge in [0.15, 0.2) is 0 Å². The summed E-state index contributed by atoms with van der Waals surface area (Å²) in [6.45, 7) is 0. The number of rotatable bonds is 4. The predicted octanol–water partition coefficient (Wildman–Crippen LogP) is 10.3. The Kier molecular flexibility index (Phi) is 5.78. The molecule has 0 fully saturated rings. The van der Waals surface area contributed by atoms with Crippen LogP contribution in [0.3, 0.4) is 0 Å². The molecule has 0 aliphatic heterocycles. The zero-order valence-electron chi connectivity index (χ0n) is 24.3. The normalized spacial score (nSPS) is 11.6. The second kappa shape index (κ2) is 10.2. The summed E-state index contributed by atoms with van der Waals surface area (Å²) in [6.07, 6.45) is 1.99. The van der Waals surface area contributed by atoms with Crippen LogP contribution in [0.2, 0.25) is 0 Å². The summed E-state index contributed by atoms with van der Waals surface area (Å²) in [7, 11) is 0.